The third-order valence-electron chi connectivity index (χ3n) is 5.48. The highest BCUT2D eigenvalue weighted by atomic mass is 35.5. The summed E-state index contributed by atoms with van der Waals surface area (Å²) in [5, 5.41) is 11.8. The van der Waals surface area contributed by atoms with Gasteiger partial charge in [-0.25, -0.2) is 4.39 Å². The molecule has 0 aliphatic carbocycles. The van der Waals surface area contributed by atoms with Gasteiger partial charge in [-0.1, -0.05) is 61.3 Å². The number of amides is 1. The number of anilines is 1. The van der Waals surface area contributed by atoms with Crippen LogP contribution < -0.4 is 9.64 Å². The zero-order chi connectivity index (χ0) is 25.3. The van der Waals surface area contributed by atoms with E-state index in [-0.39, 0.29) is 27.1 Å². The highest BCUT2D eigenvalue weighted by molar-refractivity contribution is 6.51. The highest BCUT2D eigenvalue weighted by Crippen LogP contribution is 2.43. The molecular weight excluding hydrogens is 492 g/mol. The van der Waals surface area contributed by atoms with E-state index in [4.69, 9.17) is 27.9 Å². The molecule has 0 saturated carbocycles. The summed E-state index contributed by atoms with van der Waals surface area (Å²) < 4.78 is 19.8. The SMILES string of the molecule is CC(C)COc1cccc(/C(O)=C2/C(=O)C(=O)N(c3cccc(F)c3)C2c2ccc(Cl)c(Cl)c2)c1. The van der Waals surface area contributed by atoms with Gasteiger partial charge in [0.15, 0.2) is 0 Å². The lowest BCUT2D eigenvalue weighted by atomic mass is 9.95. The zero-order valence-corrected chi connectivity index (χ0v) is 20.5. The lowest BCUT2D eigenvalue weighted by Gasteiger charge is -2.25. The average Bonchev–Trinajstić information content (AvgIpc) is 3.09. The largest absolute Gasteiger partial charge is 0.507 e. The quantitative estimate of drug-likeness (QED) is 0.223. The fourth-order valence-corrected chi connectivity index (χ4v) is 4.18. The number of hydrogen-bond donors (Lipinski definition) is 1. The van der Waals surface area contributed by atoms with Crippen LogP contribution >= 0.6 is 23.2 Å². The Morgan fingerprint density at radius 3 is 2.46 bits per heavy atom. The monoisotopic (exact) mass is 513 g/mol. The molecule has 0 radical (unpaired) electrons. The zero-order valence-electron chi connectivity index (χ0n) is 19.0. The van der Waals surface area contributed by atoms with Crippen molar-refractivity contribution in [3.05, 3.63) is 99.3 Å². The smallest absolute Gasteiger partial charge is 0.300 e. The second-order valence-electron chi connectivity index (χ2n) is 8.56. The molecule has 4 rings (SSSR count). The third kappa shape index (κ3) is 5.04. The summed E-state index contributed by atoms with van der Waals surface area (Å²) in [6.07, 6.45) is 0. The van der Waals surface area contributed by atoms with Crippen LogP contribution in [0.3, 0.4) is 0 Å². The van der Waals surface area contributed by atoms with Crippen molar-refractivity contribution in [2.45, 2.75) is 19.9 Å². The van der Waals surface area contributed by atoms with Gasteiger partial charge in [0.05, 0.1) is 28.3 Å². The van der Waals surface area contributed by atoms with Crippen LogP contribution in [0.5, 0.6) is 5.75 Å². The Kier molecular flexibility index (Phi) is 7.15. The number of ketones is 1. The number of nitrogens with zero attached hydrogens (tertiary/aromatic N) is 1. The molecule has 1 heterocycles. The van der Waals surface area contributed by atoms with E-state index in [9.17, 15) is 19.1 Å². The van der Waals surface area contributed by atoms with Crippen molar-refractivity contribution in [1.29, 1.82) is 0 Å². The fraction of sp³-hybridized carbons (Fsp3) is 0.185. The van der Waals surface area contributed by atoms with Gasteiger partial charge in [0, 0.05) is 11.3 Å². The normalized spacial score (nSPS) is 17.3. The Morgan fingerprint density at radius 2 is 1.77 bits per heavy atom. The van der Waals surface area contributed by atoms with Gasteiger partial charge in [0.2, 0.25) is 0 Å². The summed E-state index contributed by atoms with van der Waals surface area (Å²) >= 11 is 12.3. The topological polar surface area (TPSA) is 66.8 Å². The Bertz CT molecular complexity index is 1340. The molecule has 1 atom stereocenters. The molecule has 8 heteroatoms. The summed E-state index contributed by atoms with van der Waals surface area (Å²) in [5.74, 6) is -1.97. The number of rotatable bonds is 6. The van der Waals surface area contributed by atoms with E-state index < -0.39 is 23.5 Å². The van der Waals surface area contributed by atoms with Gasteiger partial charge in [-0.05, 0) is 53.9 Å². The number of Topliss-reactive ketones (excluding diaryl/α,β-unsaturated/α-hetero) is 1. The van der Waals surface area contributed by atoms with Gasteiger partial charge in [-0.15, -0.1) is 0 Å². The standard InChI is InChI=1S/C27H22Cl2FNO4/c1-15(2)14-35-20-8-3-5-17(11-20)25(32)23-24(16-9-10-21(28)22(29)12-16)31(27(34)26(23)33)19-7-4-6-18(30)13-19/h3-13,15,24,32H,14H2,1-2H3/b25-23-. The number of carbonyl (C=O) groups is 2. The minimum Gasteiger partial charge on any atom is -0.507 e. The molecular formula is C27H22Cl2FNO4. The van der Waals surface area contributed by atoms with Crippen LogP contribution in [0, 0.1) is 11.7 Å². The molecule has 3 aromatic rings. The van der Waals surface area contributed by atoms with Gasteiger partial charge in [-0.2, -0.15) is 0 Å². The van der Waals surface area contributed by atoms with E-state index in [1.54, 1.807) is 30.3 Å². The second kappa shape index (κ2) is 10.1. The Morgan fingerprint density at radius 1 is 1.03 bits per heavy atom. The molecule has 1 unspecified atom stereocenters. The third-order valence-corrected chi connectivity index (χ3v) is 6.22. The van der Waals surface area contributed by atoms with Crippen molar-refractivity contribution in [3.63, 3.8) is 0 Å². The summed E-state index contributed by atoms with van der Waals surface area (Å²) in [5.41, 5.74) is 0.736. The molecule has 5 nitrogen and oxygen atoms in total. The number of carbonyl (C=O) groups excluding carboxylic acids is 2. The highest BCUT2D eigenvalue weighted by Gasteiger charge is 2.47. The first-order valence-electron chi connectivity index (χ1n) is 10.9. The fourth-order valence-electron chi connectivity index (χ4n) is 3.87. The number of hydrogen-bond acceptors (Lipinski definition) is 4. The molecule has 1 aliphatic rings. The van der Waals surface area contributed by atoms with E-state index >= 15 is 0 Å². The molecule has 1 amide bonds. The van der Waals surface area contributed by atoms with Crippen molar-refractivity contribution in [2.24, 2.45) is 5.92 Å². The molecule has 1 aliphatic heterocycles. The van der Waals surface area contributed by atoms with E-state index in [2.05, 4.69) is 0 Å². The predicted molar refractivity (Wildman–Crippen MR) is 134 cm³/mol. The van der Waals surface area contributed by atoms with Crippen LogP contribution in [0.1, 0.15) is 31.0 Å². The van der Waals surface area contributed by atoms with Crippen molar-refractivity contribution >= 4 is 46.3 Å². The first kappa shape index (κ1) is 24.8. The van der Waals surface area contributed by atoms with Crippen molar-refractivity contribution < 1.29 is 23.8 Å². The lowest BCUT2D eigenvalue weighted by Crippen LogP contribution is -2.29. The average molecular weight is 514 g/mol. The first-order chi connectivity index (χ1) is 16.7. The molecule has 180 valence electrons. The van der Waals surface area contributed by atoms with Crippen LogP contribution in [0.2, 0.25) is 10.0 Å². The van der Waals surface area contributed by atoms with Gasteiger partial charge in [0.1, 0.15) is 17.3 Å². The first-order valence-corrected chi connectivity index (χ1v) is 11.7. The van der Waals surface area contributed by atoms with Crippen LogP contribution in [0.25, 0.3) is 5.76 Å². The molecule has 35 heavy (non-hydrogen) atoms. The number of aliphatic hydroxyl groups excluding tert-OH is 1. The lowest BCUT2D eigenvalue weighted by molar-refractivity contribution is -0.132. The molecule has 0 aromatic heterocycles. The van der Waals surface area contributed by atoms with E-state index in [1.807, 2.05) is 13.8 Å². The number of halogens is 3. The van der Waals surface area contributed by atoms with Gasteiger partial charge in [0.25, 0.3) is 11.7 Å². The molecule has 1 saturated heterocycles. The Balaban J connectivity index is 1.89. The molecule has 0 bridgehead atoms. The van der Waals surface area contributed by atoms with Crippen LogP contribution in [0.4, 0.5) is 10.1 Å². The van der Waals surface area contributed by atoms with E-state index in [0.717, 1.165) is 11.0 Å². The molecule has 3 aromatic carbocycles. The van der Waals surface area contributed by atoms with Crippen LogP contribution in [-0.2, 0) is 9.59 Å². The summed E-state index contributed by atoms with van der Waals surface area (Å²) in [6, 6.07) is 15.5. The summed E-state index contributed by atoms with van der Waals surface area (Å²) in [7, 11) is 0. The number of benzene rings is 3. The van der Waals surface area contributed by atoms with Crippen molar-refractivity contribution in [1.82, 2.24) is 0 Å². The Hall–Kier alpha value is -3.35. The maximum Gasteiger partial charge on any atom is 0.300 e. The molecule has 0 spiro atoms. The molecule has 1 fully saturated rings. The second-order valence-corrected chi connectivity index (χ2v) is 9.37. The maximum atomic E-state index is 14.0. The van der Waals surface area contributed by atoms with E-state index in [0.29, 0.717) is 29.4 Å². The maximum absolute atomic E-state index is 14.0. The van der Waals surface area contributed by atoms with Gasteiger partial charge < -0.3 is 9.84 Å². The summed E-state index contributed by atoms with van der Waals surface area (Å²) in [6.45, 7) is 4.49. The molecule has 1 N–H and O–H groups in total. The van der Waals surface area contributed by atoms with Crippen molar-refractivity contribution in [2.75, 3.05) is 11.5 Å². The van der Waals surface area contributed by atoms with Crippen LogP contribution in [0.15, 0.2) is 72.3 Å². The van der Waals surface area contributed by atoms with E-state index in [1.165, 1.54) is 30.3 Å². The predicted octanol–water partition coefficient (Wildman–Crippen LogP) is 6.79. The van der Waals surface area contributed by atoms with Gasteiger partial charge >= 0.3 is 0 Å². The van der Waals surface area contributed by atoms with Crippen LogP contribution in [-0.4, -0.2) is 23.4 Å². The summed E-state index contributed by atoms with van der Waals surface area (Å²) in [4.78, 5) is 27.5. The number of ether oxygens (including phenoxy) is 1. The minimum atomic E-state index is -1.06. The number of aliphatic hydroxyl groups is 1. The van der Waals surface area contributed by atoms with Gasteiger partial charge in [-0.3, -0.25) is 14.5 Å². The minimum absolute atomic E-state index is 0.154. The van der Waals surface area contributed by atoms with Crippen molar-refractivity contribution in [3.8, 4) is 5.75 Å². The Labute approximate surface area is 212 Å².